The van der Waals surface area contributed by atoms with E-state index in [0.29, 0.717) is 13.1 Å². The normalized spacial score (nSPS) is 17.2. The maximum absolute atomic E-state index is 13.1. The summed E-state index contributed by atoms with van der Waals surface area (Å²) in [6.45, 7) is 1.12. The van der Waals surface area contributed by atoms with Gasteiger partial charge in [0.2, 0.25) is 10.0 Å². The number of carbonyl (C=O) groups is 1. The van der Waals surface area contributed by atoms with E-state index in [-0.39, 0.29) is 24.5 Å². The Balaban J connectivity index is 2.21. The summed E-state index contributed by atoms with van der Waals surface area (Å²) >= 11 is 0. The van der Waals surface area contributed by atoms with Crippen molar-refractivity contribution >= 4 is 21.8 Å². The molecule has 0 unspecified atom stereocenters. The van der Waals surface area contributed by atoms with Crippen molar-refractivity contribution in [3.63, 3.8) is 0 Å². The summed E-state index contributed by atoms with van der Waals surface area (Å²) in [7, 11) is -3.25. The zero-order chi connectivity index (χ0) is 14.9. The summed E-state index contributed by atoms with van der Waals surface area (Å²) in [6.07, 6.45) is 2.08. The molecule has 0 spiro atoms. The molecular weight excluding hydrogens is 289 g/mol. The molecule has 7 nitrogen and oxygen atoms in total. The zero-order valence-electron chi connectivity index (χ0n) is 10.8. The van der Waals surface area contributed by atoms with Gasteiger partial charge in [0.15, 0.2) is 0 Å². The Morgan fingerprint density at radius 2 is 1.95 bits per heavy atom. The predicted octanol–water partition coefficient (Wildman–Crippen LogP) is 0.000500. The van der Waals surface area contributed by atoms with Crippen molar-refractivity contribution in [3.05, 3.63) is 23.6 Å². The minimum Gasteiger partial charge on any atom is -0.478 e. The van der Waals surface area contributed by atoms with E-state index in [1.165, 1.54) is 4.31 Å². The van der Waals surface area contributed by atoms with Crippen LogP contribution in [0.4, 0.5) is 10.2 Å². The fourth-order valence-electron chi connectivity index (χ4n) is 2.07. The van der Waals surface area contributed by atoms with E-state index in [2.05, 4.69) is 4.98 Å². The molecule has 1 aromatic rings. The van der Waals surface area contributed by atoms with Gasteiger partial charge in [-0.1, -0.05) is 0 Å². The highest BCUT2D eigenvalue weighted by molar-refractivity contribution is 7.88. The van der Waals surface area contributed by atoms with E-state index in [4.69, 9.17) is 5.11 Å². The Bertz CT molecular complexity index is 627. The summed E-state index contributed by atoms with van der Waals surface area (Å²) in [5.41, 5.74) is -0.224. The highest BCUT2D eigenvalue weighted by Crippen LogP contribution is 2.20. The molecule has 0 bridgehead atoms. The van der Waals surface area contributed by atoms with Crippen LogP contribution in [0.2, 0.25) is 0 Å². The van der Waals surface area contributed by atoms with Crippen molar-refractivity contribution in [2.75, 3.05) is 37.3 Å². The third-order valence-electron chi connectivity index (χ3n) is 3.07. The van der Waals surface area contributed by atoms with Crippen LogP contribution in [-0.2, 0) is 10.0 Å². The second-order valence-electron chi connectivity index (χ2n) is 4.48. The lowest BCUT2D eigenvalue weighted by Crippen LogP contribution is -2.49. The Morgan fingerprint density at radius 1 is 1.35 bits per heavy atom. The number of halogens is 1. The number of hydrogen-bond acceptors (Lipinski definition) is 5. The fourth-order valence-corrected chi connectivity index (χ4v) is 2.90. The lowest BCUT2D eigenvalue weighted by molar-refractivity contribution is 0.0696. The number of nitrogens with zero attached hydrogens (tertiary/aromatic N) is 3. The molecule has 0 atom stereocenters. The zero-order valence-corrected chi connectivity index (χ0v) is 11.6. The first-order valence-electron chi connectivity index (χ1n) is 5.88. The van der Waals surface area contributed by atoms with Crippen LogP contribution in [0.3, 0.4) is 0 Å². The second kappa shape index (κ2) is 5.33. The van der Waals surface area contributed by atoms with Crippen molar-refractivity contribution in [1.29, 1.82) is 0 Å². The average molecular weight is 303 g/mol. The van der Waals surface area contributed by atoms with Gasteiger partial charge < -0.3 is 10.0 Å². The third-order valence-corrected chi connectivity index (χ3v) is 4.37. The maximum atomic E-state index is 13.1. The van der Waals surface area contributed by atoms with Crippen LogP contribution in [0.1, 0.15) is 10.4 Å². The van der Waals surface area contributed by atoms with Crippen LogP contribution in [0.5, 0.6) is 0 Å². The van der Waals surface area contributed by atoms with E-state index >= 15 is 0 Å². The molecule has 110 valence electrons. The van der Waals surface area contributed by atoms with Gasteiger partial charge >= 0.3 is 5.97 Å². The Hall–Kier alpha value is -1.74. The molecule has 9 heteroatoms. The molecule has 0 amide bonds. The number of aromatic carboxylic acids is 1. The van der Waals surface area contributed by atoms with Crippen LogP contribution in [0.25, 0.3) is 0 Å². The predicted molar refractivity (Wildman–Crippen MR) is 69.8 cm³/mol. The molecule has 20 heavy (non-hydrogen) atoms. The molecule has 0 radical (unpaired) electrons. The standard InChI is InChI=1S/C11H14FN3O4S/c1-20(18,19)15-4-2-14(3-5-15)10-9(11(16)17)6-8(12)7-13-10/h6-7H,2-5H2,1H3,(H,16,17). The number of aromatic nitrogens is 1. The van der Waals surface area contributed by atoms with E-state index in [1.807, 2.05) is 0 Å². The number of pyridine rings is 1. The van der Waals surface area contributed by atoms with E-state index < -0.39 is 21.8 Å². The third kappa shape index (κ3) is 3.05. The van der Waals surface area contributed by atoms with Gasteiger partial charge in [0.05, 0.1) is 12.5 Å². The van der Waals surface area contributed by atoms with Crippen molar-refractivity contribution in [2.45, 2.75) is 0 Å². The monoisotopic (exact) mass is 303 g/mol. The number of carboxylic acids is 1. The number of rotatable bonds is 3. The van der Waals surface area contributed by atoms with Gasteiger partial charge in [-0.2, -0.15) is 4.31 Å². The molecule has 1 aliphatic heterocycles. The minimum atomic E-state index is -3.25. The van der Waals surface area contributed by atoms with E-state index in [9.17, 15) is 17.6 Å². The molecule has 0 aromatic carbocycles. The van der Waals surface area contributed by atoms with Gasteiger partial charge in [0.25, 0.3) is 0 Å². The average Bonchev–Trinajstić information content (AvgIpc) is 2.37. The Labute approximate surface area is 115 Å². The van der Waals surface area contributed by atoms with Gasteiger partial charge in [0.1, 0.15) is 17.2 Å². The number of sulfonamides is 1. The second-order valence-corrected chi connectivity index (χ2v) is 6.46. The SMILES string of the molecule is CS(=O)(=O)N1CCN(c2ncc(F)cc2C(=O)O)CC1. The molecule has 1 aromatic heterocycles. The fraction of sp³-hybridized carbons (Fsp3) is 0.455. The molecule has 1 aliphatic rings. The lowest BCUT2D eigenvalue weighted by Gasteiger charge is -2.34. The van der Waals surface area contributed by atoms with Gasteiger partial charge in [-0.25, -0.2) is 22.6 Å². The van der Waals surface area contributed by atoms with E-state index in [1.54, 1.807) is 4.90 Å². The van der Waals surface area contributed by atoms with Crippen molar-refractivity contribution < 1.29 is 22.7 Å². The van der Waals surface area contributed by atoms with E-state index in [0.717, 1.165) is 18.5 Å². The summed E-state index contributed by atoms with van der Waals surface area (Å²) in [5.74, 6) is -1.83. The summed E-state index contributed by atoms with van der Waals surface area (Å²) < 4.78 is 37.2. The van der Waals surface area contributed by atoms with Gasteiger partial charge in [-0.05, 0) is 6.07 Å². The number of anilines is 1. The highest BCUT2D eigenvalue weighted by Gasteiger charge is 2.26. The van der Waals surface area contributed by atoms with Crippen LogP contribution in [0.15, 0.2) is 12.3 Å². The van der Waals surface area contributed by atoms with Crippen molar-refractivity contribution in [2.24, 2.45) is 0 Å². The quantitative estimate of drug-likeness (QED) is 0.845. The van der Waals surface area contributed by atoms with Gasteiger partial charge in [0, 0.05) is 26.2 Å². The molecule has 2 rings (SSSR count). The first kappa shape index (κ1) is 14.7. The molecule has 0 aliphatic carbocycles. The molecular formula is C11H14FN3O4S. The number of carboxylic acid groups (broad SMARTS) is 1. The topological polar surface area (TPSA) is 90.8 Å². The highest BCUT2D eigenvalue weighted by atomic mass is 32.2. The van der Waals surface area contributed by atoms with Crippen LogP contribution < -0.4 is 4.90 Å². The van der Waals surface area contributed by atoms with Gasteiger partial charge in [-0.15, -0.1) is 0 Å². The Kier molecular flexibility index (Phi) is 3.91. The first-order valence-corrected chi connectivity index (χ1v) is 7.73. The molecule has 1 fully saturated rings. The van der Waals surface area contributed by atoms with Gasteiger partial charge in [-0.3, -0.25) is 0 Å². The first-order chi connectivity index (χ1) is 9.29. The number of hydrogen-bond donors (Lipinski definition) is 1. The molecule has 2 heterocycles. The van der Waals surface area contributed by atoms with Crippen LogP contribution >= 0.6 is 0 Å². The molecule has 1 N–H and O–H groups in total. The number of piperazine rings is 1. The van der Waals surface area contributed by atoms with Crippen molar-refractivity contribution in [3.8, 4) is 0 Å². The summed E-state index contributed by atoms with van der Waals surface area (Å²) in [5, 5.41) is 9.06. The van der Waals surface area contributed by atoms with Crippen LogP contribution in [0, 0.1) is 5.82 Å². The summed E-state index contributed by atoms with van der Waals surface area (Å²) in [6, 6.07) is 0.910. The largest absolute Gasteiger partial charge is 0.478 e. The summed E-state index contributed by atoms with van der Waals surface area (Å²) in [4.78, 5) is 16.6. The van der Waals surface area contributed by atoms with Crippen LogP contribution in [-0.4, -0.2) is 61.2 Å². The smallest absolute Gasteiger partial charge is 0.339 e. The maximum Gasteiger partial charge on any atom is 0.339 e. The molecule has 1 saturated heterocycles. The lowest BCUT2D eigenvalue weighted by atomic mass is 10.2. The van der Waals surface area contributed by atoms with Crippen molar-refractivity contribution in [1.82, 2.24) is 9.29 Å². The Morgan fingerprint density at radius 3 is 2.45 bits per heavy atom. The minimum absolute atomic E-state index is 0.159. The molecule has 0 saturated carbocycles.